The van der Waals surface area contributed by atoms with Crippen molar-refractivity contribution in [3.05, 3.63) is 23.8 Å². The van der Waals surface area contributed by atoms with Gasteiger partial charge in [-0.3, -0.25) is 0 Å². The van der Waals surface area contributed by atoms with Crippen LogP contribution in [0.1, 0.15) is 25.3 Å². The van der Waals surface area contributed by atoms with E-state index < -0.39 is 0 Å². The monoisotopic (exact) mass is 246 g/mol. The maximum atomic E-state index is 5.93. The van der Waals surface area contributed by atoms with Crippen molar-refractivity contribution >= 4 is 5.69 Å². The number of hydrogen-bond donors (Lipinski definition) is 1. The third-order valence-electron chi connectivity index (χ3n) is 3.86. The van der Waals surface area contributed by atoms with Gasteiger partial charge in [0.1, 0.15) is 5.75 Å². The second kappa shape index (κ2) is 5.19. The summed E-state index contributed by atoms with van der Waals surface area (Å²) in [6, 6.07) is 7.12. The van der Waals surface area contributed by atoms with Crippen molar-refractivity contribution in [2.75, 3.05) is 31.1 Å². The van der Waals surface area contributed by atoms with Crippen LogP contribution in [0.5, 0.6) is 5.75 Å². The molecule has 2 heterocycles. The Balaban J connectivity index is 1.90. The zero-order valence-corrected chi connectivity index (χ0v) is 11.1. The first-order chi connectivity index (χ1) is 8.90. The van der Waals surface area contributed by atoms with Gasteiger partial charge in [0.15, 0.2) is 0 Å². The van der Waals surface area contributed by atoms with Crippen LogP contribution in [0.2, 0.25) is 0 Å². The molecule has 1 aromatic carbocycles. The fourth-order valence-corrected chi connectivity index (χ4v) is 3.05. The summed E-state index contributed by atoms with van der Waals surface area (Å²) < 4.78 is 5.93. The molecular weight excluding hydrogens is 224 g/mol. The number of benzene rings is 1. The summed E-state index contributed by atoms with van der Waals surface area (Å²) in [5.41, 5.74) is 2.82. The lowest BCUT2D eigenvalue weighted by Gasteiger charge is -2.26. The fourth-order valence-electron chi connectivity index (χ4n) is 3.05. The molecule has 3 nitrogen and oxygen atoms in total. The molecule has 1 atom stereocenters. The van der Waals surface area contributed by atoms with Gasteiger partial charge in [0, 0.05) is 19.1 Å². The average molecular weight is 246 g/mol. The summed E-state index contributed by atoms with van der Waals surface area (Å²) in [6.07, 6.45) is 3.44. The molecule has 0 aliphatic carbocycles. The van der Waals surface area contributed by atoms with Crippen LogP contribution in [0, 0.1) is 0 Å². The first-order valence-corrected chi connectivity index (χ1v) is 7.12. The van der Waals surface area contributed by atoms with E-state index in [2.05, 4.69) is 35.3 Å². The summed E-state index contributed by atoms with van der Waals surface area (Å²) in [5, 5.41) is 3.53. The number of fused-ring (bicyclic) bond motifs is 3. The lowest BCUT2D eigenvalue weighted by molar-refractivity contribution is 0.317. The van der Waals surface area contributed by atoms with E-state index in [1.165, 1.54) is 17.7 Å². The molecule has 18 heavy (non-hydrogen) atoms. The highest BCUT2D eigenvalue weighted by Gasteiger charge is 2.32. The molecule has 2 aliphatic heterocycles. The molecule has 0 amide bonds. The van der Waals surface area contributed by atoms with Crippen LogP contribution in [0.3, 0.4) is 0 Å². The molecule has 0 aromatic heterocycles. The predicted molar refractivity (Wildman–Crippen MR) is 74.6 cm³/mol. The molecule has 3 heteroatoms. The summed E-state index contributed by atoms with van der Waals surface area (Å²) in [6.45, 7) is 6.36. The molecule has 98 valence electrons. The number of rotatable bonds is 3. The predicted octanol–water partition coefficient (Wildman–Crippen LogP) is 2.20. The van der Waals surface area contributed by atoms with Gasteiger partial charge in [0.2, 0.25) is 0 Å². The number of nitrogens with one attached hydrogen (secondary N) is 1. The summed E-state index contributed by atoms with van der Waals surface area (Å²) >= 11 is 0. The minimum atomic E-state index is 0.619. The number of nitrogens with zero attached hydrogens (tertiary/aromatic N) is 1. The van der Waals surface area contributed by atoms with E-state index in [0.717, 1.165) is 44.8 Å². The Morgan fingerprint density at radius 1 is 1.44 bits per heavy atom. The Kier molecular flexibility index (Phi) is 3.41. The lowest BCUT2D eigenvalue weighted by Crippen LogP contribution is -2.37. The SMILES string of the molecule is CCCOc1cccc2c1N1CCCNCC1C2. The number of ether oxygens (including phenoxy) is 1. The molecule has 1 N–H and O–H groups in total. The Morgan fingerprint density at radius 2 is 2.39 bits per heavy atom. The number of hydrogen-bond acceptors (Lipinski definition) is 3. The molecular formula is C15H22N2O. The van der Waals surface area contributed by atoms with Gasteiger partial charge in [0.05, 0.1) is 12.3 Å². The van der Waals surface area contributed by atoms with Crippen molar-refractivity contribution < 1.29 is 4.74 Å². The van der Waals surface area contributed by atoms with Crippen molar-refractivity contribution in [3.63, 3.8) is 0 Å². The average Bonchev–Trinajstić information content (AvgIpc) is 2.59. The van der Waals surface area contributed by atoms with Gasteiger partial charge in [-0.1, -0.05) is 19.1 Å². The standard InChI is InChI=1S/C15H22N2O/c1-2-9-18-14-6-3-5-12-10-13-11-16-7-4-8-17(13)15(12)14/h3,5-6,13,16H,2,4,7-11H2,1H3. The molecule has 0 bridgehead atoms. The van der Waals surface area contributed by atoms with E-state index in [4.69, 9.17) is 4.74 Å². The number of anilines is 1. The van der Waals surface area contributed by atoms with E-state index in [-0.39, 0.29) is 0 Å². The van der Waals surface area contributed by atoms with E-state index in [9.17, 15) is 0 Å². The Hall–Kier alpha value is -1.22. The molecule has 1 unspecified atom stereocenters. The maximum Gasteiger partial charge on any atom is 0.142 e. The minimum absolute atomic E-state index is 0.619. The van der Waals surface area contributed by atoms with Gasteiger partial charge < -0.3 is 15.0 Å². The van der Waals surface area contributed by atoms with Gasteiger partial charge in [-0.25, -0.2) is 0 Å². The molecule has 0 spiro atoms. The van der Waals surface area contributed by atoms with Gasteiger partial charge in [0.25, 0.3) is 0 Å². The molecule has 0 saturated carbocycles. The van der Waals surface area contributed by atoms with Gasteiger partial charge in [-0.05, 0) is 37.4 Å². The van der Waals surface area contributed by atoms with Crippen LogP contribution in [0.25, 0.3) is 0 Å². The van der Waals surface area contributed by atoms with Crippen molar-refractivity contribution in [1.29, 1.82) is 0 Å². The van der Waals surface area contributed by atoms with Crippen LogP contribution in [0.4, 0.5) is 5.69 Å². The molecule has 1 saturated heterocycles. The largest absolute Gasteiger partial charge is 0.491 e. The van der Waals surface area contributed by atoms with Gasteiger partial charge in [-0.15, -0.1) is 0 Å². The van der Waals surface area contributed by atoms with E-state index in [1.54, 1.807) is 0 Å². The molecule has 3 rings (SSSR count). The highest BCUT2D eigenvalue weighted by Crippen LogP contribution is 2.40. The Labute approximate surface area is 109 Å². The van der Waals surface area contributed by atoms with Crippen LogP contribution in [-0.2, 0) is 6.42 Å². The van der Waals surface area contributed by atoms with Crippen molar-refractivity contribution in [2.45, 2.75) is 32.2 Å². The smallest absolute Gasteiger partial charge is 0.142 e. The van der Waals surface area contributed by atoms with Gasteiger partial charge in [-0.2, -0.15) is 0 Å². The highest BCUT2D eigenvalue weighted by atomic mass is 16.5. The molecule has 0 radical (unpaired) electrons. The zero-order chi connectivity index (χ0) is 12.4. The Morgan fingerprint density at radius 3 is 3.28 bits per heavy atom. The first kappa shape index (κ1) is 11.8. The summed E-state index contributed by atoms with van der Waals surface area (Å²) in [5.74, 6) is 1.08. The topological polar surface area (TPSA) is 24.5 Å². The zero-order valence-electron chi connectivity index (χ0n) is 11.1. The third kappa shape index (κ3) is 2.07. The normalized spacial score (nSPS) is 22.3. The minimum Gasteiger partial charge on any atom is -0.491 e. The van der Waals surface area contributed by atoms with Crippen LogP contribution in [-0.4, -0.2) is 32.3 Å². The fraction of sp³-hybridized carbons (Fsp3) is 0.600. The van der Waals surface area contributed by atoms with Crippen LogP contribution >= 0.6 is 0 Å². The second-order valence-corrected chi connectivity index (χ2v) is 5.22. The summed E-state index contributed by atoms with van der Waals surface area (Å²) in [4.78, 5) is 2.56. The van der Waals surface area contributed by atoms with E-state index in [1.807, 2.05) is 0 Å². The van der Waals surface area contributed by atoms with Crippen LogP contribution in [0.15, 0.2) is 18.2 Å². The Bertz CT molecular complexity index is 419. The van der Waals surface area contributed by atoms with E-state index in [0.29, 0.717) is 6.04 Å². The lowest BCUT2D eigenvalue weighted by atomic mass is 10.1. The molecule has 1 aromatic rings. The maximum absolute atomic E-state index is 5.93. The molecule has 2 aliphatic rings. The van der Waals surface area contributed by atoms with Crippen molar-refractivity contribution in [1.82, 2.24) is 5.32 Å². The van der Waals surface area contributed by atoms with Crippen molar-refractivity contribution in [3.8, 4) is 5.75 Å². The van der Waals surface area contributed by atoms with E-state index >= 15 is 0 Å². The third-order valence-corrected chi connectivity index (χ3v) is 3.86. The first-order valence-electron chi connectivity index (χ1n) is 7.12. The van der Waals surface area contributed by atoms with Crippen molar-refractivity contribution in [2.24, 2.45) is 0 Å². The van der Waals surface area contributed by atoms with Crippen LogP contribution < -0.4 is 15.0 Å². The second-order valence-electron chi connectivity index (χ2n) is 5.22. The number of para-hydroxylation sites is 1. The highest BCUT2D eigenvalue weighted by molar-refractivity contribution is 5.68. The molecule has 1 fully saturated rings. The quantitative estimate of drug-likeness (QED) is 0.885. The van der Waals surface area contributed by atoms with Gasteiger partial charge >= 0.3 is 0 Å². The summed E-state index contributed by atoms with van der Waals surface area (Å²) in [7, 11) is 0.